The van der Waals surface area contributed by atoms with Gasteiger partial charge in [-0.25, -0.2) is 0 Å². The maximum absolute atomic E-state index is 10.5. The molecule has 0 aliphatic heterocycles. The zero-order valence-corrected chi connectivity index (χ0v) is 8.51. The molecule has 0 atom stereocenters. The van der Waals surface area contributed by atoms with Crippen LogP contribution in [-0.2, 0) is 3.79 Å². The van der Waals surface area contributed by atoms with E-state index in [2.05, 4.69) is 10.2 Å². The van der Waals surface area contributed by atoms with E-state index < -0.39 is 9.70 Å². The number of carbonyl (C=O) groups excluding carboxylic acids is 1. The number of aromatic nitrogens is 2. The van der Waals surface area contributed by atoms with Crippen LogP contribution in [0, 0.1) is 0 Å². The molecule has 0 aromatic carbocycles. The van der Waals surface area contributed by atoms with Gasteiger partial charge in [0.05, 0.1) is 0 Å². The van der Waals surface area contributed by atoms with E-state index in [4.69, 9.17) is 40.5 Å². The van der Waals surface area contributed by atoms with Gasteiger partial charge in [-0.3, -0.25) is 4.79 Å². The minimum atomic E-state index is -1.65. The average molecular weight is 247 g/mol. The summed E-state index contributed by atoms with van der Waals surface area (Å²) in [7, 11) is 0. The SMILES string of the molecule is NC(=O)c1nnc(C(Cl)(Cl)Cl)s1. The lowest BCUT2D eigenvalue weighted by atomic mass is 10.7. The molecule has 2 N–H and O–H groups in total. The first-order valence-electron chi connectivity index (χ1n) is 2.62. The van der Waals surface area contributed by atoms with Gasteiger partial charge in [-0.2, -0.15) is 0 Å². The highest BCUT2D eigenvalue weighted by molar-refractivity contribution is 7.14. The zero-order chi connectivity index (χ0) is 9.35. The van der Waals surface area contributed by atoms with Gasteiger partial charge in [0.25, 0.3) is 5.91 Å². The highest BCUT2D eigenvalue weighted by atomic mass is 35.6. The first kappa shape index (κ1) is 9.98. The summed E-state index contributed by atoms with van der Waals surface area (Å²) in [6.45, 7) is 0. The van der Waals surface area contributed by atoms with Crippen LogP contribution in [0.15, 0.2) is 0 Å². The molecule has 12 heavy (non-hydrogen) atoms. The molecule has 1 heterocycles. The number of hydrogen-bond acceptors (Lipinski definition) is 4. The van der Waals surface area contributed by atoms with Crippen LogP contribution in [0.4, 0.5) is 0 Å². The first-order chi connectivity index (χ1) is 5.41. The number of nitrogens with zero attached hydrogens (tertiary/aromatic N) is 2. The molecule has 1 amide bonds. The van der Waals surface area contributed by atoms with Crippen LogP contribution in [0.25, 0.3) is 0 Å². The topological polar surface area (TPSA) is 68.9 Å². The molecular formula is C4H2Cl3N3OS. The molecule has 0 fully saturated rings. The number of nitrogens with two attached hydrogens (primary N) is 1. The Hall–Kier alpha value is -0.1000. The molecule has 1 aromatic heterocycles. The molecule has 0 spiro atoms. The van der Waals surface area contributed by atoms with Gasteiger partial charge in [-0.1, -0.05) is 46.1 Å². The van der Waals surface area contributed by atoms with Gasteiger partial charge in [-0.05, 0) is 0 Å². The van der Waals surface area contributed by atoms with Crippen molar-refractivity contribution in [3.8, 4) is 0 Å². The molecule has 0 unspecified atom stereocenters. The van der Waals surface area contributed by atoms with Gasteiger partial charge in [0.1, 0.15) is 0 Å². The van der Waals surface area contributed by atoms with Crippen LogP contribution in [0.2, 0.25) is 0 Å². The van der Waals surface area contributed by atoms with E-state index in [1.54, 1.807) is 0 Å². The Kier molecular flexibility index (Phi) is 2.77. The number of halogens is 3. The Morgan fingerprint density at radius 2 is 2.00 bits per heavy atom. The predicted octanol–water partition coefficient (Wildman–Crippen LogP) is 1.46. The van der Waals surface area contributed by atoms with E-state index in [9.17, 15) is 4.79 Å². The van der Waals surface area contributed by atoms with Crippen LogP contribution < -0.4 is 5.73 Å². The molecule has 0 aliphatic rings. The van der Waals surface area contributed by atoms with Crippen molar-refractivity contribution in [1.82, 2.24) is 10.2 Å². The Balaban J connectivity index is 3.00. The second kappa shape index (κ2) is 3.33. The lowest BCUT2D eigenvalue weighted by Crippen LogP contribution is -2.10. The Morgan fingerprint density at radius 3 is 2.25 bits per heavy atom. The highest BCUT2D eigenvalue weighted by Crippen LogP contribution is 2.39. The summed E-state index contributed by atoms with van der Waals surface area (Å²) in [5.74, 6) is -0.687. The van der Waals surface area contributed by atoms with E-state index in [0.717, 1.165) is 11.3 Å². The summed E-state index contributed by atoms with van der Waals surface area (Å²) in [6.07, 6.45) is 0. The van der Waals surface area contributed by atoms with Crippen molar-refractivity contribution in [3.05, 3.63) is 10.0 Å². The molecular weight excluding hydrogens is 244 g/mol. The largest absolute Gasteiger partial charge is 0.363 e. The third-order valence-corrected chi connectivity index (χ3v) is 2.81. The summed E-state index contributed by atoms with van der Waals surface area (Å²) < 4.78 is -1.65. The summed E-state index contributed by atoms with van der Waals surface area (Å²) in [6, 6.07) is 0. The fourth-order valence-corrected chi connectivity index (χ4v) is 1.46. The van der Waals surface area contributed by atoms with Crippen molar-refractivity contribution in [2.24, 2.45) is 5.73 Å². The molecule has 0 saturated heterocycles. The fraction of sp³-hybridized carbons (Fsp3) is 0.250. The smallest absolute Gasteiger partial charge is 0.279 e. The van der Waals surface area contributed by atoms with Crippen LogP contribution in [-0.4, -0.2) is 16.1 Å². The number of alkyl halides is 3. The van der Waals surface area contributed by atoms with Crippen molar-refractivity contribution < 1.29 is 4.79 Å². The molecule has 0 radical (unpaired) electrons. The minimum Gasteiger partial charge on any atom is -0.363 e. The molecule has 66 valence electrons. The Labute approximate surface area is 86.6 Å². The predicted molar refractivity (Wildman–Crippen MR) is 47.7 cm³/mol. The summed E-state index contributed by atoms with van der Waals surface area (Å²) in [5, 5.41) is 7.05. The molecule has 1 aromatic rings. The minimum absolute atomic E-state index is 0.0244. The molecule has 4 nitrogen and oxygen atoms in total. The number of carbonyl (C=O) groups is 1. The molecule has 0 bridgehead atoms. The van der Waals surface area contributed by atoms with E-state index in [-0.39, 0.29) is 10.0 Å². The maximum atomic E-state index is 10.5. The Morgan fingerprint density at radius 1 is 1.42 bits per heavy atom. The van der Waals surface area contributed by atoms with Crippen LogP contribution >= 0.6 is 46.1 Å². The van der Waals surface area contributed by atoms with Crippen LogP contribution in [0.3, 0.4) is 0 Å². The summed E-state index contributed by atoms with van der Waals surface area (Å²) in [5.41, 5.74) is 4.91. The van der Waals surface area contributed by atoms with Crippen LogP contribution in [0.5, 0.6) is 0 Å². The summed E-state index contributed by atoms with van der Waals surface area (Å²) in [4.78, 5) is 10.5. The first-order valence-corrected chi connectivity index (χ1v) is 4.57. The van der Waals surface area contributed by atoms with Crippen molar-refractivity contribution in [1.29, 1.82) is 0 Å². The van der Waals surface area contributed by atoms with Crippen molar-refractivity contribution in [2.75, 3.05) is 0 Å². The number of rotatable bonds is 1. The highest BCUT2D eigenvalue weighted by Gasteiger charge is 2.28. The third kappa shape index (κ3) is 2.20. The normalized spacial score (nSPS) is 11.6. The standard InChI is InChI=1S/C4H2Cl3N3OS/c5-4(6,7)3-10-9-2(12-3)1(8)11/h(H2,8,11). The van der Waals surface area contributed by atoms with Gasteiger partial charge in [0, 0.05) is 0 Å². The van der Waals surface area contributed by atoms with Gasteiger partial charge in [0.15, 0.2) is 5.01 Å². The van der Waals surface area contributed by atoms with E-state index >= 15 is 0 Å². The quantitative estimate of drug-likeness (QED) is 0.763. The van der Waals surface area contributed by atoms with Gasteiger partial charge < -0.3 is 5.73 Å². The van der Waals surface area contributed by atoms with E-state index in [1.165, 1.54) is 0 Å². The second-order valence-corrected chi connectivity index (χ2v) is 5.03. The lowest BCUT2D eigenvalue weighted by Gasteiger charge is -2.02. The molecule has 0 aliphatic carbocycles. The zero-order valence-electron chi connectivity index (χ0n) is 5.42. The third-order valence-electron chi connectivity index (χ3n) is 0.878. The monoisotopic (exact) mass is 245 g/mol. The van der Waals surface area contributed by atoms with Crippen molar-refractivity contribution >= 4 is 52.0 Å². The fourth-order valence-electron chi connectivity index (χ4n) is 0.437. The molecule has 8 heteroatoms. The Bertz CT molecular complexity index is 307. The van der Waals surface area contributed by atoms with Gasteiger partial charge in [0.2, 0.25) is 8.80 Å². The average Bonchev–Trinajstić information content (AvgIpc) is 2.30. The van der Waals surface area contributed by atoms with E-state index in [0.29, 0.717) is 0 Å². The number of amides is 1. The van der Waals surface area contributed by atoms with Crippen molar-refractivity contribution in [2.45, 2.75) is 3.79 Å². The van der Waals surface area contributed by atoms with Gasteiger partial charge >= 0.3 is 0 Å². The number of primary amides is 1. The lowest BCUT2D eigenvalue weighted by molar-refractivity contribution is 0.0999. The maximum Gasteiger partial charge on any atom is 0.279 e. The molecule has 1 rings (SSSR count). The van der Waals surface area contributed by atoms with Gasteiger partial charge in [-0.15, -0.1) is 10.2 Å². The number of hydrogen-bond donors (Lipinski definition) is 1. The second-order valence-electron chi connectivity index (χ2n) is 1.77. The van der Waals surface area contributed by atoms with Crippen molar-refractivity contribution in [3.63, 3.8) is 0 Å². The molecule has 0 saturated carbocycles. The van der Waals surface area contributed by atoms with E-state index in [1.807, 2.05) is 0 Å². The van der Waals surface area contributed by atoms with Crippen LogP contribution in [0.1, 0.15) is 14.8 Å². The summed E-state index contributed by atoms with van der Waals surface area (Å²) >= 11 is 17.2.